The molecule has 1 atom stereocenters. The molecular formula is C16H23NO3. The van der Waals surface area contributed by atoms with Crippen molar-refractivity contribution in [3.05, 3.63) is 17.7 Å². The van der Waals surface area contributed by atoms with Gasteiger partial charge in [0.05, 0.1) is 25.9 Å². The van der Waals surface area contributed by atoms with E-state index in [-0.39, 0.29) is 6.04 Å². The summed E-state index contributed by atoms with van der Waals surface area (Å²) in [6, 6.07) is 3.61. The number of ether oxygens (including phenoxy) is 3. The largest absolute Gasteiger partial charge is 0.490 e. The molecule has 0 aromatic heterocycles. The van der Waals surface area contributed by atoms with Crippen molar-refractivity contribution in [3.63, 3.8) is 0 Å². The summed E-state index contributed by atoms with van der Waals surface area (Å²) in [5.74, 6) is 4.64. The molecule has 4 heteroatoms. The van der Waals surface area contributed by atoms with Crippen LogP contribution in [0.15, 0.2) is 12.1 Å². The van der Waals surface area contributed by atoms with Crippen molar-refractivity contribution >= 4 is 0 Å². The average molecular weight is 277 g/mol. The first-order valence-corrected chi connectivity index (χ1v) is 6.91. The Kier molecular flexibility index (Phi) is 6.75. The lowest BCUT2D eigenvalue weighted by molar-refractivity contribution is 0.260. The Morgan fingerprint density at radius 1 is 1.05 bits per heavy atom. The summed E-state index contributed by atoms with van der Waals surface area (Å²) in [6.07, 6.45) is 5.53. The minimum absolute atomic E-state index is 0.191. The minimum Gasteiger partial charge on any atom is -0.490 e. The van der Waals surface area contributed by atoms with E-state index >= 15 is 0 Å². The average Bonchev–Trinajstić information content (AvgIpc) is 2.44. The van der Waals surface area contributed by atoms with Gasteiger partial charge in [-0.1, -0.05) is 5.92 Å². The van der Waals surface area contributed by atoms with Gasteiger partial charge in [-0.15, -0.1) is 6.42 Å². The Morgan fingerprint density at radius 3 is 1.90 bits per heavy atom. The van der Waals surface area contributed by atoms with Crippen LogP contribution in [-0.4, -0.2) is 26.9 Å². The van der Waals surface area contributed by atoms with E-state index in [0.29, 0.717) is 37.1 Å². The van der Waals surface area contributed by atoms with Crippen LogP contribution in [0.25, 0.3) is 0 Å². The zero-order valence-corrected chi connectivity index (χ0v) is 12.7. The predicted octanol–water partition coefficient (Wildman–Crippen LogP) is 2.78. The van der Waals surface area contributed by atoms with Gasteiger partial charge in [0.25, 0.3) is 0 Å². The molecule has 0 spiro atoms. The number of terminal acetylenes is 1. The number of benzene rings is 1. The summed E-state index contributed by atoms with van der Waals surface area (Å²) in [4.78, 5) is 0. The molecule has 4 nitrogen and oxygen atoms in total. The van der Waals surface area contributed by atoms with E-state index in [1.807, 2.05) is 40.0 Å². The fourth-order valence-electron chi connectivity index (χ4n) is 1.92. The van der Waals surface area contributed by atoms with Crippen molar-refractivity contribution in [3.8, 4) is 29.6 Å². The van der Waals surface area contributed by atoms with Crippen LogP contribution in [0.3, 0.4) is 0 Å². The van der Waals surface area contributed by atoms with E-state index in [1.165, 1.54) is 0 Å². The minimum atomic E-state index is -0.191. The summed E-state index contributed by atoms with van der Waals surface area (Å²) in [7, 11) is 1.82. The van der Waals surface area contributed by atoms with Gasteiger partial charge in [-0.2, -0.15) is 0 Å². The lowest BCUT2D eigenvalue weighted by Crippen LogP contribution is -2.15. The molecule has 0 saturated carbocycles. The molecule has 0 aliphatic heterocycles. The molecule has 20 heavy (non-hydrogen) atoms. The number of nitrogens with one attached hydrogen (secondary N) is 1. The molecule has 110 valence electrons. The highest BCUT2D eigenvalue weighted by molar-refractivity contribution is 5.55. The van der Waals surface area contributed by atoms with Gasteiger partial charge in [0.15, 0.2) is 11.5 Å². The van der Waals surface area contributed by atoms with Gasteiger partial charge in [-0.25, -0.2) is 0 Å². The van der Waals surface area contributed by atoms with Crippen molar-refractivity contribution in [2.75, 3.05) is 26.9 Å². The van der Waals surface area contributed by atoms with Crippen molar-refractivity contribution in [1.82, 2.24) is 5.32 Å². The summed E-state index contributed by atoms with van der Waals surface area (Å²) in [6.45, 7) is 7.44. The van der Waals surface area contributed by atoms with Crippen LogP contribution in [0, 0.1) is 12.3 Å². The van der Waals surface area contributed by atoms with E-state index in [2.05, 4.69) is 11.2 Å². The van der Waals surface area contributed by atoms with Crippen LogP contribution in [0.5, 0.6) is 17.2 Å². The van der Waals surface area contributed by atoms with Crippen molar-refractivity contribution < 1.29 is 14.2 Å². The van der Waals surface area contributed by atoms with Crippen molar-refractivity contribution in [2.45, 2.75) is 26.8 Å². The van der Waals surface area contributed by atoms with Gasteiger partial charge in [0, 0.05) is 0 Å². The third-order valence-electron chi connectivity index (χ3n) is 2.72. The topological polar surface area (TPSA) is 39.7 Å². The highest BCUT2D eigenvalue weighted by Crippen LogP contribution is 2.40. The highest BCUT2D eigenvalue weighted by Gasteiger charge is 2.17. The van der Waals surface area contributed by atoms with Crippen LogP contribution in [-0.2, 0) is 0 Å². The van der Waals surface area contributed by atoms with E-state index in [4.69, 9.17) is 20.6 Å². The van der Waals surface area contributed by atoms with Gasteiger partial charge in [0.1, 0.15) is 0 Å². The Morgan fingerprint density at radius 2 is 1.55 bits per heavy atom. The molecule has 1 unspecified atom stereocenters. The molecule has 0 saturated heterocycles. The second-order valence-corrected chi connectivity index (χ2v) is 4.03. The molecule has 1 aromatic rings. The highest BCUT2D eigenvalue weighted by atomic mass is 16.5. The van der Waals surface area contributed by atoms with Crippen LogP contribution in [0.4, 0.5) is 0 Å². The maximum absolute atomic E-state index is 5.66. The maximum Gasteiger partial charge on any atom is 0.203 e. The normalized spacial score (nSPS) is 11.6. The molecule has 0 fully saturated rings. The number of hydrogen-bond acceptors (Lipinski definition) is 4. The molecular weight excluding hydrogens is 254 g/mol. The second kappa shape index (κ2) is 8.34. The predicted molar refractivity (Wildman–Crippen MR) is 80.6 cm³/mol. The summed E-state index contributed by atoms with van der Waals surface area (Å²) < 4.78 is 17.0. The maximum atomic E-state index is 5.66. The van der Waals surface area contributed by atoms with Gasteiger partial charge in [0.2, 0.25) is 5.75 Å². The Hall–Kier alpha value is -1.86. The van der Waals surface area contributed by atoms with E-state index in [0.717, 1.165) is 5.56 Å². The quantitative estimate of drug-likeness (QED) is 0.742. The summed E-state index contributed by atoms with van der Waals surface area (Å²) >= 11 is 0. The van der Waals surface area contributed by atoms with Gasteiger partial charge in [-0.3, -0.25) is 0 Å². The molecule has 1 N–H and O–H groups in total. The molecule has 1 aromatic carbocycles. The monoisotopic (exact) mass is 277 g/mol. The van der Waals surface area contributed by atoms with Crippen LogP contribution in [0.1, 0.15) is 32.4 Å². The third kappa shape index (κ3) is 3.82. The molecule has 0 radical (unpaired) electrons. The molecule has 0 bridgehead atoms. The molecule has 0 aliphatic carbocycles. The molecule has 0 heterocycles. The van der Waals surface area contributed by atoms with Crippen molar-refractivity contribution in [1.29, 1.82) is 0 Å². The fourth-order valence-corrected chi connectivity index (χ4v) is 1.92. The Bertz CT molecular complexity index is 438. The van der Waals surface area contributed by atoms with Gasteiger partial charge >= 0.3 is 0 Å². The first-order valence-electron chi connectivity index (χ1n) is 6.91. The third-order valence-corrected chi connectivity index (χ3v) is 2.72. The van der Waals surface area contributed by atoms with Crippen molar-refractivity contribution in [2.24, 2.45) is 0 Å². The zero-order chi connectivity index (χ0) is 15.0. The zero-order valence-electron chi connectivity index (χ0n) is 12.7. The molecule has 0 amide bonds. The first-order chi connectivity index (χ1) is 9.71. The van der Waals surface area contributed by atoms with Gasteiger partial charge in [-0.05, 0) is 45.5 Å². The van der Waals surface area contributed by atoms with Crippen LogP contribution < -0.4 is 19.5 Å². The van der Waals surface area contributed by atoms with E-state index < -0.39 is 0 Å². The van der Waals surface area contributed by atoms with E-state index in [1.54, 1.807) is 0 Å². The second-order valence-electron chi connectivity index (χ2n) is 4.03. The first kappa shape index (κ1) is 16.2. The number of hydrogen-bond donors (Lipinski definition) is 1. The van der Waals surface area contributed by atoms with Crippen LogP contribution in [0.2, 0.25) is 0 Å². The standard InChI is InChI=1S/C16H23NO3/c1-6-13(17-5)12-10-14(18-7-2)16(20-9-4)15(11-12)19-8-3/h1,10-11,13,17H,7-9H2,2-5H3. The van der Waals surface area contributed by atoms with E-state index in [9.17, 15) is 0 Å². The lowest BCUT2D eigenvalue weighted by atomic mass is 10.1. The van der Waals surface area contributed by atoms with Gasteiger partial charge < -0.3 is 19.5 Å². The Balaban J connectivity index is 3.32. The lowest BCUT2D eigenvalue weighted by Gasteiger charge is -2.19. The molecule has 1 rings (SSSR count). The summed E-state index contributed by atoms with van der Waals surface area (Å²) in [5.41, 5.74) is 0.922. The molecule has 0 aliphatic rings. The summed E-state index contributed by atoms with van der Waals surface area (Å²) in [5, 5.41) is 3.07. The Labute approximate surface area is 121 Å². The SMILES string of the molecule is C#CC(NC)c1cc(OCC)c(OCC)c(OCC)c1. The number of rotatable bonds is 8. The smallest absolute Gasteiger partial charge is 0.203 e. The fraction of sp³-hybridized carbons (Fsp3) is 0.500. The van der Waals surface area contributed by atoms with Crippen LogP contribution >= 0.6 is 0 Å².